The molecule has 4 N–H and O–H groups in total. The fourth-order valence-electron chi connectivity index (χ4n) is 5.49. The van der Waals surface area contributed by atoms with Gasteiger partial charge in [0.05, 0.1) is 40.1 Å². The number of non-ortho nitro benzene ring substituents is 1. The Morgan fingerprint density at radius 3 is 2.62 bits per heavy atom. The van der Waals surface area contributed by atoms with Crippen molar-refractivity contribution in [1.29, 1.82) is 0 Å². The Bertz CT molecular complexity index is 1070. The highest BCUT2D eigenvalue weighted by Gasteiger charge is 2.33. The first kappa shape index (κ1) is 27.1. The predicted octanol–water partition coefficient (Wildman–Crippen LogP) is 3.03. The van der Waals surface area contributed by atoms with E-state index in [1.165, 1.54) is 55.1 Å². The Kier molecular flexibility index (Phi) is 9.19. The van der Waals surface area contributed by atoms with Crippen molar-refractivity contribution in [3.05, 3.63) is 56.6 Å². The van der Waals surface area contributed by atoms with Crippen molar-refractivity contribution in [3.8, 4) is 5.69 Å². The molecule has 202 valence electrons. The Morgan fingerprint density at radius 2 is 1.95 bits per heavy atom. The average Bonchev–Trinajstić information content (AvgIpc) is 3.59. The van der Waals surface area contributed by atoms with Crippen LogP contribution in [0.3, 0.4) is 0 Å². The topological polar surface area (TPSA) is 172 Å². The summed E-state index contributed by atoms with van der Waals surface area (Å²) in [4.78, 5) is 25.5. The van der Waals surface area contributed by atoms with E-state index in [1.54, 1.807) is 6.20 Å². The Balaban J connectivity index is 1.38. The molecule has 4 atom stereocenters. The lowest BCUT2D eigenvalue weighted by atomic mass is 9.83. The highest BCUT2D eigenvalue weighted by Crippen LogP contribution is 2.30. The first-order valence-corrected chi connectivity index (χ1v) is 13.1. The second-order valence-corrected chi connectivity index (χ2v) is 10.2. The lowest BCUT2D eigenvalue weighted by molar-refractivity contribution is -0.394. The monoisotopic (exact) mass is 516 g/mol. The van der Waals surface area contributed by atoms with Gasteiger partial charge in [-0.05, 0) is 31.2 Å². The van der Waals surface area contributed by atoms with Gasteiger partial charge in [-0.3, -0.25) is 24.8 Å². The van der Waals surface area contributed by atoms with Crippen molar-refractivity contribution >= 4 is 11.4 Å². The van der Waals surface area contributed by atoms with Gasteiger partial charge in [0.25, 0.3) is 11.4 Å². The van der Waals surface area contributed by atoms with E-state index in [1.807, 2.05) is 0 Å². The molecule has 1 saturated carbocycles. The van der Waals surface area contributed by atoms with E-state index < -0.39 is 16.0 Å². The highest BCUT2D eigenvalue weighted by atomic mass is 16.6. The second-order valence-electron chi connectivity index (χ2n) is 10.2. The maximum Gasteiger partial charge on any atom is 0.300 e. The largest absolute Gasteiger partial charge is 0.389 e. The van der Waals surface area contributed by atoms with Crippen LogP contribution in [0.5, 0.6) is 0 Å². The van der Waals surface area contributed by atoms with Crippen LogP contribution in [0.2, 0.25) is 0 Å². The van der Waals surface area contributed by atoms with Gasteiger partial charge in [0.15, 0.2) is 0 Å². The Labute approximate surface area is 215 Å². The predicted molar refractivity (Wildman–Crippen MR) is 137 cm³/mol. The quantitative estimate of drug-likeness (QED) is 0.283. The van der Waals surface area contributed by atoms with Crippen molar-refractivity contribution in [1.82, 2.24) is 14.9 Å². The van der Waals surface area contributed by atoms with Crippen LogP contribution in [-0.4, -0.2) is 61.9 Å². The molecule has 1 aromatic carbocycles. The highest BCUT2D eigenvalue weighted by molar-refractivity contribution is 5.58. The van der Waals surface area contributed by atoms with E-state index >= 15 is 0 Å². The van der Waals surface area contributed by atoms with Crippen molar-refractivity contribution < 1.29 is 19.7 Å². The number of rotatable bonds is 12. The van der Waals surface area contributed by atoms with E-state index in [9.17, 15) is 25.3 Å². The minimum atomic E-state index is -0.667. The van der Waals surface area contributed by atoms with E-state index in [-0.39, 0.29) is 35.2 Å². The van der Waals surface area contributed by atoms with Gasteiger partial charge in [0.1, 0.15) is 5.69 Å². The maximum atomic E-state index is 11.5. The molecule has 1 unspecified atom stereocenters. The zero-order chi connectivity index (χ0) is 26.4. The van der Waals surface area contributed by atoms with Crippen LogP contribution in [0.15, 0.2) is 30.7 Å². The molecule has 2 fully saturated rings. The molecule has 2 heterocycles. The summed E-state index contributed by atoms with van der Waals surface area (Å²) in [7, 11) is 0. The summed E-state index contributed by atoms with van der Waals surface area (Å²) >= 11 is 0. The summed E-state index contributed by atoms with van der Waals surface area (Å²) < 4.78 is 7.24. The lowest BCUT2D eigenvalue weighted by Crippen LogP contribution is -2.50. The number of aliphatic hydroxyl groups excluding tert-OH is 1. The summed E-state index contributed by atoms with van der Waals surface area (Å²) in [6, 6.07) is 3.12. The fraction of sp³-hybridized carbons (Fsp3) is 0.640. The van der Waals surface area contributed by atoms with Crippen LogP contribution in [0.4, 0.5) is 11.4 Å². The van der Waals surface area contributed by atoms with E-state index in [0.717, 1.165) is 25.3 Å². The van der Waals surface area contributed by atoms with Gasteiger partial charge >= 0.3 is 0 Å². The van der Waals surface area contributed by atoms with Crippen molar-refractivity contribution in [2.45, 2.75) is 82.1 Å². The molecule has 1 aromatic heterocycles. The van der Waals surface area contributed by atoms with Gasteiger partial charge in [0.2, 0.25) is 0 Å². The van der Waals surface area contributed by atoms with Crippen molar-refractivity contribution in [3.63, 3.8) is 0 Å². The molecule has 0 radical (unpaired) electrons. The van der Waals surface area contributed by atoms with Gasteiger partial charge in [-0.1, -0.05) is 32.1 Å². The Hall–Kier alpha value is -2.93. The number of aliphatic hydroxyl groups is 1. The van der Waals surface area contributed by atoms with Gasteiger partial charge in [-0.2, -0.15) is 0 Å². The number of nitrogens with two attached hydrogens (primary N) is 1. The summed E-state index contributed by atoms with van der Waals surface area (Å²) in [6.07, 6.45) is 11.6. The number of ether oxygens (including phenoxy) is 1. The normalized spacial score (nSPS) is 21.0. The average molecular weight is 517 g/mol. The Morgan fingerprint density at radius 1 is 1.16 bits per heavy atom. The zero-order valence-electron chi connectivity index (χ0n) is 20.9. The third-order valence-electron chi connectivity index (χ3n) is 7.46. The second kappa shape index (κ2) is 12.5. The molecular weight excluding hydrogens is 480 g/mol. The number of imidazole rings is 1. The third kappa shape index (κ3) is 7.10. The number of nitro groups is 2. The summed E-state index contributed by atoms with van der Waals surface area (Å²) in [5.41, 5.74) is 6.52. The third-order valence-corrected chi connectivity index (χ3v) is 7.46. The number of hydrogen-bond donors (Lipinski definition) is 3. The van der Waals surface area contributed by atoms with Crippen LogP contribution in [0.25, 0.3) is 5.69 Å². The zero-order valence-corrected chi connectivity index (χ0v) is 20.9. The van der Waals surface area contributed by atoms with Gasteiger partial charge in [0, 0.05) is 43.9 Å². The van der Waals surface area contributed by atoms with Crippen LogP contribution >= 0.6 is 0 Å². The van der Waals surface area contributed by atoms with Crippen LogP contribution in [-0.2, 0) is 11.2 Å². The number of nitrogens with one attached hydrogen (secondary N) is 1. The lowest BCUT2D eigenvalue weighted by Gasteiger charge is -2.33. The molecule has 12 heteroatoms. The molecule has 1 aliphatic carbocycles. The van der Waals surface area contributed by atoms with Gasteiger partial charge < -0.3 is 20.9 Å². The van der Waals surface area contributed by atoms with Crippen molar-refractivity contribution in [2.75, 3.05) is 13.2 Å². The molecule has 2 aromatic rings. The molecule has 4 rings (SSSR count). The smallest absolute Gasteiger partial charge is 0.300 e. The van der Waals surface area contributed by atoms with Crippen LogP contribution in [0.1, 0.15) is 57.1 Å². The van der Waals surface area contributed by atoms with Gasteiger partial charge in [-0.15, -0.1) is 0 Å². The fourth-order valence-corrected chi connectivity index (χ4v) is 5.49. The molecule has 0 bridgehead atoms. The minimum Gasteiger partial charge on any atom is -0.389 e. The molecule has 2 aliphatic rings. The number of nitrogens with zero attached hydrogens (tertiary/aromatic N) is 4. The van der Waals surface area contributed by atoms with E-state index in [0.29, 0.717) is 31.2 Å². The molecular formula is C25H36N6O6. The van der Waals surface area contributed by atoms with Crippen LogP contribution < -0.4 is 11.1 Å². The number of hydrogen-bond acceptors (Lipinski definition) is 9. The molecule has 0 amide bonds. The number of aromatic nitrogens is 2. The first-order valence-electron chi connectivity index (χ1n) is 13.1. The SMILES string of the molecule is NC(CN[C@@H](CC1CCCCC1)[C@@H](O)[C@@H]1CCCO1)Cc1cn(-c2ccc([N+](=O)[O-])cc2[N+](=O)[O-])cn1. The molecule has 0 spiro atoms. The molecule has 12 nitrogen and oxygen atoms in total. The minimum absolute atomic E-state index is 0.0995. The van der Waals surface area contributed by atoms with Crippen molar-refractivity contribution in [2.24, 2.45) is 11.7 Å². The van der Waals surface area contributed by atoms with Crippen LogP contribution in [0, 0.1) is 26.1 Å². The first-order chi connectivity index (χ1) is 17.8. The number of nitro benzene ring substituents is 2. The maximum absolute atomic E-state index is 11.5. The summed E-state index contributed by atoms with van der Waals surface area (Å²) in [6.45, 7) is 1.17. The van der Waals surface area contributed by atoms with E-state index in [4.69, 9.17) is 10.5 Å². The van der Waals surface area contributed by atoms with Gasteiger partial charge in [-0.25, -0.2) is 4.98 Å². The molecule has 37 heavy (non-hydrogen) atoms. The number of benzene rings is 1. The standard InChI is InChI=1S/C25H36N6O6/c26-18(14-27-21(11-17-5-2-1-3-6-17)25(32)24-7-4-10-37-24)12-19-15-29(16-28-19)22-9-8-20(30(33)34)13-23(22)31(35)36/h8-9,13,15-18,21,24-25,27,32H,1-7,10-12,14,26H2/t18?,21-,24-,25+/m0/s1. The van der Waals surface area contributed by atoms with E-state index in [2.05, 4.69) is 10.3 Å². The summed E-state index contributed by atoms with van der Waals surface area (Å²) in [5.74, 6) is 0.590. The summed E-state index contributed by atoms with van der Waals surface area (Å²) in [5, 5.41) is 37.1. The molecule has 1 saturated heterocycles. The molecule has 1 aliphatic heterocycles.